The van der Waals surface area contributed by atoms with Crippen molar-refractivity contribution in [1.82, 2.24) is 4.90 Å². The van der Waals surface area contributed by atoms with Gasteiger partial charge in [-0.2, -0.15) is 0 Å². The van der Waals surface area contributed by atoms with Crippen molar-refractivity contribution in [3.8, 4) is 0 Å². The monoisotopic (exact) mass is 552 g/mol. The van der Waals surface area contributed by atoms with Gasteiger partial charge >= 0.3 is 0 Å². The molecule has 39 heavy (non-hydrogen) atoms. The number of ether oxygens (including phenoxy) is 3. The lowest BCUT2D eigenvalue weighted by Gasteiger charge is -2.39. The van der Waals surface area contributed by atoms with Crippen LogP contribution in [0.15, 0.2) is 83.8 Å². The van der Waals surface area contributed by atoms with E-state index in [2.05, 4.69) is 9.62 Å². The van der Waals surface area contributed by atoms with Gasteiger partial charge in [0.05, 0.1) is 30.3 Å². The first kappa shape index (κ1) is 27.8. The first-order valence-electron chi connectivity index (χ1n) is 13.4. The van der Waals surface area contributed by atoms with Crippen LogP contribution in [-0.2, 0) is 30.8 Å². The number of aliphatic hydroxyl groups is 1. The van der Waals surface area contributed by atoms with Crippen molar-refractivity contribution < 1.29 is 27.7 Å². The molecule has 3 aromatic carbocycles. The number of nitrogens with zero attached hydrogens (tertiary/aromatic N) is 1. The number of methoxy groups -OCH3 is 1. The van der Waals surface area contributed by atoms with Gasteiger partial charge < -0.3 is 19.3 Å². The Labute approximate surface area is 230 Å². The standard InChI is InChI=1S/C30H36N2O6S/c1-36-21-26-9-6-16-32(26)19-27-18-29(23-14-12-22(20-33)13-15-23)38-30(37-27)24-7-5-8-25(17-24)31-39(34,35)28-10-3-2-4-11-28/h2-5,7-8,10-15,17,26-27,29-31,33H,6,9,16,18-21H2,1H3. The molecule has 0 amide bonds. The highest BCUT2D eigenvalue weighted by Crippen LogP contribution is 2.39. The number of anilines is 1. The zero-order valence-electron chi connectivity index (χ0n) is 22.1. The second-order valence-electron chi connectivity index (χ2n) is 10.1. The molecule has 0 bridgehead atoms. The Balaban J connectivity index is 1.38. The molecule has 2 aliphatic rings. The van der Waals surface area contributed by atoms with Crippen molar-refractivity contribution in [2.75, 3.05) is 31.5 Å². The highest BCUT2D eigenvalue weighted by molar-refractivity contribution is 7.92. The van der Waals surface area contributed by atoms with Crippen molar-refractivity contribution in [2.45, 2.75) is 55.3 Å². The fraction of sp³-hybridized carbons (Fsp3) is 0.400. The fourth-order valence-electron chi connectivity index (χ4n) is 5.37. The van der Waals surface area contributed by atoms with Gasteiger partial charge in [0.25, 0.3) is 10.0 Å². The van der Waals surface area contributed by atoms with E-state index in [-0.39, 0.29) is 23.7 Å². The predicted molar refractivity (Wildman–Crippen MR) is 149 cm³/mol. The third kappa shape index (κ3) is 6.87. The van der Waals surface area contributed by atoms with Crippen LogP contribution in [-0.4, -0.2) is 57.4 Å². The van der Waals surface area contributed by atoms with E-state index in [0.29, 0.717) is 24.8 Å². The minimum Gasteiger partial charge on any atom is -0.392 e. The minimum absolute atomic E-state index is 0.0122. The molecule has 4 unspecified atom stereocenters. The van der Waals surface area contributed by atoms with E-state index in [0.717, 1.165) is 42.6 Å². The third-order valence-electron chi connectivity index (χ3n) is 7.38. The molecule has 9 heteroatoms. The maximum Gasteiger partial charge on any atom is 0.261 e. The van der Waals surface area contributed by atoms with E-state index < -0.39 is 16.3 Å². The molecule has 8 nitrogen and oxygen atoms in total. The van der Waals surface area contributed by atoms with Gasteiger partial charge in [-0.3, -0.25) is 9.62 Å². The molecule has 5 rings (SSSR count). The molecule has 2 fully saturated rings. The van der Waals surface area contributed by atoms with Gasteiger partial charge in [0, 0.05) is 37.4 Å². The van der Waals surface area contributed by atoms with Crippen LogP contribution < -0.4 is 4.72 Å². The third-order valence-corrected chi connectivity index (χ3v) is 8.77. The van der Waals surface area contributed by atoms with Crippen molar-refractivity contribution in [1.29, 1.82) is 0 Å². The molecule has 3 aromatic rings. The lowest BCUT2D eigenvalue weighted by Crippen LogP contribution is -2.42. The number of sulfonamides is 1. The number of hydrogen-bond donors (Lipinski definition) is 2. The fourth-order valence-corrected chi connectivity index (χ4v) is 6.44. The van der Waals surface area contributed by atoms with Gasteiger partial charge in [-0.1, -0.05) is 54.6 Å². The summed E-state index contributed by atoms with van der Waals surface area (Å²) < 4.78 is 46.9. The van der Waals surface area contributed by atoms with Gasteiger partial charge in [0.2, 0.25) is 0 Å². The summed E-state index contributed by atoms with van der Waals surface area (Å²) in [7, 11) is -1.99. The van der Waals surface area contributed by atoms with E-state index in [9.17, 15) is 13.5 Å². The van der Waals surface area contributed by atoms with Gasteiger partial charge in [0.1, 0.15) is 0 Å². The summed E-state index contributed by atoms with van der Waals surface area (Å²) in [5.41, 5.74) is 3.03. The second-order valence-corrected chi connectivity index (χ2v) is 11.8. The van der Waals surface area contributed by atoms with Crippen LogP contribution in [0.4, 0.5) is 5.69 Å². The van der Waals surface area contributed by atoms with Crippen molar-refractivity contribution in [2.24, 2.45) is 0 Å². The highest BCUT2D eigenvalue weighted by Gasteiger charge is 2.35. The van der Waals surface area contributed by atoms with Gasteiger partial charge in [-0.15, -0.1) is 0 Å². The summed E-state index contributed by atoms with van der Waals surface area (Å²) in [4.78, 5) is 2.63. The van der Waals surface area contributed by atoms with Crippen LogP contribution in [0, 0.1) is 0 Å². The van der Waals surface area contributed by atoms with E-state index >= 15 is 0 Å². The van der Waals surface area contributed by atoms with Crippen LogP contribution in [0.1, 0.15) is 48.3 Å². The van der Waals surface area contributed by atoms with Crippen molar-refractivity contribution in [3.05, 3.63) is 95.6 Å². The first-order valence-corrected chi connectivity index (χ1v) is 14.8. The van der Waals surface area contributed by atoms with E-state index in [1.165, 1.54) is 0 Å². The molecule has 0 aromatic heterocycles. The van der Waals surface area contributed by atoms with Crippen LogP contribution in [0.3, 0.4) is 0 Å². The Morgan fingerprint density at radius 3 is 2.54 bits per heavy atom. The summed E-state index contributed by atoms with van der Waals surface area (Å²) in [5, 5.41) is 9.46. The maximum absolute atomic E-state index is 12.9. The zero-order chi connectivity index (χ0) is 27.2. The summed E-state index contributed by atoms with van der Waals surface area (Å²) in [5.74, 6) is 0. The Kier molecular flexibility index (Phi) is 8.96. The lowest BCUT2D eigenvalue weighted by molar-refractivity contribution is -0.253. The molecule has 0 radical (unpaired) electrons. The number of nitrogens with one attached hydrogen (secondary N) is 1. The van der Waals surface area contributed by atoms with Crippen molar-refractivity contribution in [3.63, 3.8) is 0 Å². The van der Waals surface area contributed by atoms with Crippen LogP contribution in [0.25, 0.3) is 0 Å². The lowest BCUT2D eigenvalue weighted by atomic mass is 9.99. The van der Waals surface area contributed by atoms with Gasteiger partial charge in [-0.25, -0.2) is 8.42 Å². The molecule has 4 atom stereocenters. The summed E-state index contributed by atoms with van der Waals surface area (Å²) in [6.45, 7) is 2.45. The largest absolute Gasteiger partial charge is 0.392 e. The highest BCUT2D eigenvalue weighted by atomic mass is 32.2. The molecule has 2 heterocycles. The summed E-state index contributed by atoms with van der Waals surface area (Å²) in [6, 6.07) is 23.6. The zero-order valence-corrected chi connectivity index (χ0v) is 22.9. The first-order chi connectivity index (χ1) is 18.9. The van der Waals surface area contributed by atoms with E-state index in [1.807, 2.05) is 30.3 Å². The Morgan fingerprint density at radius 1 is 1.00 bits per heavy atom. The quantitative estimate of drug-likeness (QED) is 0.378. The number of rotatable bonds is 10. The molecule has 0 aliphatic carbocycles. The Morgan fingerprint density at radius 2 is 1.79 bits per heavy atom. The molecule has 2 N–H and O–H groups in total. The molecular formula is C30H36N2O6S. The van der Waals surface area contributed by atoms with E-state index in [1.54, 1.807) is 55.6 Å². The SMILES string of the molecule is COCC1CCCN1CC1CC(c2ccc(CO)cc2)OC(c2cccc(NS(=O)(=O)c3ccccc3)c2)O1. The number of hydrogen-bond acceptors (Lipinski definition) is 7. The topological polar surface area (TPSA) is 97.3 Å². The molecule has 2 aliphatic heterocycles. The Hall–Kier alpha value is -2.79. The Bertz CT molecular complexity index is 1320. The van der Waals surface area contributed by atoms with Gasteiger partial charge in [-0.05, 0) is 54.8 Å². The number of aliphatic hydroxyl groups excluding tert-OH is 1. The summed E-state index contributed by atoms with van der Waals surface area (Å²) >= 11 is 0. The maximum atomic E-state index is 12.9. The van der Waals surface area contributed by atoms with Crippen molar-refractivity contribution >= 4 is 15.7 Å². The normalized spacial score (nSPS) is 24.1. The average molecular weight is 553 g/mol. The van der Waals surface area contributed by atoms with Crippen LogP contribution in [0.5, 0.6) is 0 Å². The molecular weight excluding hydrogens is 516 g/mol. The average Bonchev–Trinajstić information content (AvgIpc) is 3.40. The van der Waals surface area contributed by atoms with Gasteiger partial charge in [0.15, 0.2) is 6.29 Å². The van der Waals surface area contributed by atoms with Crippen LogP contribution in [0.2, 0.25) is 0 Å². The molecule has 208 valence electrons. The minimum atomic E-state index is -3.73. The number of likely N-dealkylation sites (tertiary alicyclic amines) is 1. The molecule has 0 saturated carbocycles. The predicted octanol–water partition coefficient (Wildman–Crippen LogP) is 4.64. The summed E-state index contributed by atoms with van der Waals surface area (Å²) in [6.07, 6.45) is 1.96. The number of benzene rings is 3. The second kappa shape index (κ2) is 12.6. The molecule has 2 saturated heterocycles. The van der Waals surface area contributed by atoms with Crippen LogP contribution >= 0.6 is 0 Å². The molecule has 0 spiro atoms. The smallest absolute Gasteiger partial charge is 0.261 e. The van der Waals surface area contributed by atoms with E-state index in [4.69, 9.17) is 14.2 Å².